The molecule has 3 aromatic carbocycles. The van der Waals surface area contributed by atoms with Crippen LogP contribution in [0.1, 0.15) is 28.8 Å². The fourth-order valence-electron chi connectivity index (χ4n) is 4.11. The van der Waals surface area contributed by atoms with Crippen molar-refractivity contribution in [1.82, 2.24) is 0 Å². The van der Waals surface area contributed by atoms with Gasteiger partial charge in [0.05, 0.1) is 17.3 Å². The Bertz CT molecular complexity index is 1120. The molecular formula is C27H25NO6. The number of ketones is 1. The molecule has 0 radical (unpaired) electrons. The fourth-order valence-corrected chi connectivity index (χ4v) is 4.11. The first-order valence-corrected chi connectivity index (χ1v) is 11.1. The number of hydrogen-bond donors (Lipinski definition) is 1. The molecule has 34 heavy (non-hydrogen) atoms. The smallest absolute Gasteiger partial charge is 0.418 e. The van der Waals surface area contributed by atoms with E-state index < -0.39 is 24.6 Å². The number of ether oxygens (including phenoxy) is 2. The van der Waals surface area contributed by atoms with Gasteiger partial charge in [0.15, 0.2) is 12.4 Å². The predicted molar refractivity (Wildman–Crippen MR) is 127 cm³/mol. The van der Waals surface area contributed by atoms with E-state index in [1.54, 1.807) is 18.2 Å². The Balaban J connectivity index is 1.51. The van der Waals surface area contributed by atoms with Crippen molar-refractivity contribution in [3.63, 3.8) is 0 Å². The van der Waals surface area contributed by atoms with Gasteiger partial charge in [-0.15, -0.1) is 0 Å². The number of aliphatic carboxylic acids is 1. The summed E-state index contributed by atoms with van der Waals surface area (Å²) >= 11 is 0. The van der Waals surface area contributed by atoms with Gasteiger partial charge >= 0.3 is 12.1 Å². The van der Waals surface area contributed by atoms with E-state index in [4.69, 9.17) is 14.6 Å². The molecule has 174 valence electrons. The Morgan fingerprint density at radius 2 is 1.56 bits per heavy atom. The Morgan fingerprint density at radius 3 is 2.18 bits per heavy atom. The summed E-state index contributed by atoms with van der Waals surface area (Å²) in [6.07, 6.45) is 1.26. The Morgan fingerprint density at radius 1 is 0.912 bits per heavy atom. The molecule has 4 rings (SSSR count). The number of rotatable bonds is 7. The van der Waals surface area contributed by atoms with Gasteiger partial charge in [-0.2, -0.15) is 0 Å². The summed E-state index contributed by atoms with van der Waals surface area (Å²) in [5, 5.41) is 8.92. The monoisotopic (exact) mass is 459 g/mol. The van der Waals surface area contributed by atoms with Crippen LogP contribution in [-0.2, 0) is 16.0 Å². The van der Waals surface area contributed by atoms with E-state index in [9.17, 15) is 14.4 Å². The first-order chi connectivity index (χ1) is 16.5. The van der Waals surface area contributed by atoms with Gasteiger partial charge in [0.2, 0.25) is 0 Å². The van der Waals surface area contributed by atoms with E-state index in [1.807, 2.05) is 60.7 Å². The van der Waals surface area contributed by atoms with Crippen LogP contribution in [-0.4, -0.2) is 36.2 Å². The van der Waals surface area contributed by atoms with Gasteiger partial charge in [-0.1, -0.05) is 48.5 Å². The lowest BCUT2D eigenvalue weighted by Gasteiger charge is -2.23. The molecule has 7 nitrogen and oxygen atoms in total. The highest BCUT2D eigenvalue weighted by molar-refractivity contribution is 6.01. The minimum Gasteiger partial charge on any atom is -0.482 e. The molecule has 1 N–H and O–H groups in total. The average Bonchev–Trinajstić information content (AvgIpc) is 3.02. The van der Waals surface area contributed by atoms with Gasteiger partial charge in [0.25, 0.3) is 0 Å². The second kappa shape index (κ2) is 10.7. The molecule has 1 atom stereocenters. The van der Waals surface area contributed by atoms with Crippen molar-refractivity contribution in [3.05, 3.63) is 90.0 Å². The third-order valence-corrected chi connectivity index (χ3v) is 5.72. The molecule has 0 aromatic heterocycles. The first-order valence-electron chi connectivity index (χ1n) is 11.1. The lowest BCUT2D eigenvalue weighted by Crippen LogP contribution is -2.30. The van der Waals surface area contributed by atoms with Crippen LogP contribution in [0.15, 0.2) is 78.9 Å². The van der Waals surface area contributed by atoms with Crippen LogP contribution in [0.4, 0.5) is 16.2 Å². The zero-order valence-corrected chi connectivity index (χ0v) is 18.6. The highest BCUT2D eigenvalue weighted by atomic mass is 16.6. The zero-order valence-electron chi connectivity index (χ0n) is 18.6. The minimum atomic E-state index is -1.08. The average molecular weight is 459 g/mol. The summed E-state index contributed by atoms with van der Waals surface area (Å²) in [5.74, 6) is -1.30. The maximum atomic E-state index is 13.3. The Kier molecular flexibility index (Phi) is 7.22. The molecule has 0 fully saturated rings. The fraction of sp³-hybridized carbons (Fsp3) is 0.222. The van der Waals surface area contributed by atoms with Gasteiger partial charge < -0.3 is 14.6 Å². The summed E-state index contributed by atoms with van der Waals surface area (Å²) in [5.41, 5.74) is 2.52. The second-order valence-electron chi connectivity index (χ2n) is 8.00. The van der Waals surface area contributed by atoms with E-state index >= 15 is 0 Å². The van der Waals surface area contributed by atoms with Crippen LogP contribution in [0.5, 0.6) is 5.75 Å². The summed E-state index contributed by atoms with van der Waals surface area (Å²) < 4.78 is 11.0. The van der Waals surface area contributed by atoms with Crippen molar-refractivity contribution in [3.8, 4) is 5.75 Å². The third kappa shape index (κ3) is 5.26. The number of para-hydroxylation sites is 2. The highest BCUT2D eigenvalue weighted by Crippen LogP contribution is 2.32. The van der Waals surface area contributed by atoms with Crippen molar-refractivity contribution in [2.24, 2.45) is 5.92 Å². The SMILES string of the molecule is O=C(O)COc1cccc2c1CCCC(COC(=O)N(c1ccccc1)c1ccccc1)C2=O. The molecule has 0 saturated heterocycles. The lowest BCUT2D eigenvalue weighted by atomic mass is 9.95. The largest absolute Gasteiger partial charge is 0.482 e. The second-order valence-corrected chi connectivity index (χ2v) is 8.00. The summed E-state index contributed by atoms with van der Waals surface area (Å²) in [6, 6.07) is 23.4. The summed E-state index contributed by atoms with van der Waals surface area (Å²) in [7, 11) is 0. The van der Waals surface area contributed by atoms with Crippen LogP contribution in [0.3, 0.4) is 0 Å². The number of anilines is 2. The topological polar surface area (TPSA) is 93.1 Å². The highest BCUT2D eigenvalue weighted by Gasteiger charge is 2.29. The van der Waals surface area contributed by atoms with Crippen molar-refractivity contribution >= 4 is 29.2 Å². The number of benzene rings is 3. The predicted octanol–water partition coefficient (Wildman–Crippen LogP) is 5.26. The molecule has 1 aliphatic carbocycles. The van der Waals surface area contributed by atoms with Crippen molar-refractivity contribution in [2.75, 3.05) is 18.1 Å². The maximum absolute atomic E-state index is 13.3. The number of carbonyl (C=O) groups is 3. The van der Waals surface area contributed by atoms with Crippen LogP contribution in [0, 0.1) is 5.92 Å². The van der Waals surface area contributed by atoms with Gasteiger partial charge in [-0.3, -0.25) is 4.79 Å². The summed E-state index contributed by atoms with van der Waals surface area (Å²) in [6.45, 7) is -0.520. The van der Waals surface area contributed by atoms with Gasteiger partial charge in [-0.25, -0.2) is 14.5 Å². The normalized spacial score (nSPS) is 15.1. The first kappa shape index (κ1) is 23.0. The number of carboxylic acids is 1. The number of hydrogen-bond acceptors (Lipinski definition) is 5. The molecule has 0 heterocycles. The van der Waals surface area contributed by atoms with Gasteiger partial charge in [0.1, 0.15) is 12.4 Å². The third-order valence-electron chi connectivity index (χ3n) is 5.72. The molecular weight excluding hydrogens is 434 g/mol. The molecule has 0 aliphatic heterocycles. The molecule has 0 spiro atoms. The molecule has 0 saturated carbocycles. The van der Waals surface area contributed by atoms with Crippen LogP contribution in [0.2, 0.25) is 0 Å². The van der Waals surface area contributed by atoms with E-state index in [0.717, 1.165) is 0 Å². The lowest BCUT2D eigenvalue weighted by molar-refractivity contribution is -0.139. The Hall–Kier alpha value is -4.13. The molecule has 1 aliphatic rings. The summed E-state index contributed by atoms with van der Waals surface area (Å²) in [4.78, 5) is 38.8. The Labute approximate surface area is 197 Å². The quantitative estimate of drug-likeness (QED) is 0.485. The van der Waals surface area contributed by atoms with Crippen molar-refractivity contribution in [1.29, 1.82) is 0 Å². The van der Waals surface area contributed by atoms with Crippen LogP contribution in [0.25, 0.3) is 0 Å². The maximum Gasteiger partial charge on any atom is 0.418 e. The molecule has 0 bridgehead atoms. The number of fused-ring (bicyclic) bond motifs is 1. The zero-order chi connectivity index (χ0) is 23.9. The van der Waals surface area contributed by atoms with Crippen molar-refractivity contribution in [2.45, 2.75) is 19.3 Å². The molecule has 7 heteroatoms. The van der Waals surface area contributed by atoms with Gasteiger partial charge in [-0.05, 0) is 49.6 Å². The minimum absolute atomic E-state index is 0.0481. The molecule has 1 amide bonds. The van der Waals surface area contributed by atoms with Crippen molar-refractivity contribution < 1.29 is 29.0 Å². The van der Waals surface area contributed by atoms with Crippen LogP contribution < -0.4 is 9.64 Å². The number of Topliss-reactive ketones (excluding diaryl/α,β-unsaturated/α-hetero) is 1. The number of carbonyl (C=O) groups excluding carboxylic acids is 2. The van der Waals surface area contributed by atoms with E-state index in [-0.39, 0.29) is 12.4 Å². The number of amides is 1. The van der Waals surface area contributed by atoms with Gasteiger partial charge in [0, 0.05) is 11.1 Å². The standard InChI is InChI=1S/C27H25NO6/c29-25(30)18-33-24-16-8-15-23-22(24)14-7-9-19(26(23)31)17-34-27(32)28(20-10-3-1-4-11-20)21-12-5-2-6-13-21/h1-6,8,10-13,15-16,19H,7,9,14,17-18H2,(H,29,30). The van der Waals surface area contributed by atoms with E-state index in [0.29, 0.717) is 47.5 Å². The molecule has 3 aromatic rings. The number of carboxylic acid groups (broad SMARTS) is 1. The molecule has 1 unspecified atom stereocenters. The van der Waals surface area contributed by atoms with E-state index in [2.05, 4.69) is 0 Å². The number of nitrogens with zero attached hydrogens (tertiary/aromatic N) is 1. The van der Waals surface area contributed by atoms with Crippen LogP contribution >= 0.6 is 0 Å². The van der Waals surface area contributed by atoms with E-state index in [1.165, 1.54) is 4.90 Å².